The van der Waals surface area contributed by atoms with Crippen LogP contribution in [0.15, 0.2) is 0 Å². The molecule has 108 valence electrons. The third kappa shape index (κ3) is 4.22. The van der Waals surface area contributed by atoms with Crippen LogP contribution in [-0.2, 0) is 0 Å². The number of nitrogens with one attached hydrogen (secondary N) is 1. The Morgan fingerprint density at radius 3 is 2.50 bits per heavy atom. The van der Waals surface area contributed by atoms with Crippen molar-refractivity contribution >= 4 is 0 Å². The van der Waals surface area contributed by atoms with Crippen molar-refractivity contribution in [3.63, 3.8) is 0 Å². The molecule has 1 aliphatic heterocycles. The number of likely N-dealkylation sites (tertiary alicyclic amines) is 1. The van der Waals surface area contributed by atoms with Crippen LogP contribution in [0.3, 0.4) is 0 Å². The van der Waals surface area contributed by atoms with Crippen molar-refractivity contribution in [2.75, 3.05) is 26.2 Å². The maximum Gasteiger partial charge on any atom is 0.0613 e. The molecular formula is C15H32N2O. The van der Waals surface area contributed by atoms with Crippen LogP contribution in [0.1, 0.15) is 53.4 Å². The van der Waals surface area contributed by atoms with Crippen LogP contribution in [0, 0.1) is 5.92 Å². The van der Waals surface area contributed by atoms with Crippen molar-refractivity contribution in [3.8, 4) is 0 Å². The molecule has 0 radical (unpaired) electrons. The molecule has 0 aromatic heterocycles. The molecule has 0 aromatic carbocycles. The van der Waals surface area contributed by atoms with E-state index >= 15 is 0 Å². The normalized spacial score (nSPS) is 28.5. The van der Waals surface area contributed by atoms with Crippen LogP contribution in [-0.4, -0.2) is 47.8 Å². The summed E-state index contributed by atoms with van der Waals surface area (Å²) < 4.78 is 0. The largest absolute Gasteiger partial charge is 0.394 e. The first-order chi connectivity index (χ1) is 8.56. The van der Waals surface area contributed by atoms with Gasteiger partial charge < -0.3 is 15.3 Å². The van der Waals surface area contributed by atoms with Crippen LogP contribution in [0.4, 0.5) is 0 Å². The van der Waals surface area contributed by atoms with E-state index in [4.69, 9.17) is 0 Å². The Hall–Kier alpha value is -0.120. The van der Waals surface area contributed by atoms with E-state index in [1.165, 1.54) is 25.9 Å². The molecule has 1 fully saturated rings. The van der Waals surface area contributed by atoms with Crippen LogP contribution < -0.4 is 5.32 Å². The number of likely N-dealkylation sites (N-methyl/N-ethyl adjacent to an activating group) is 1. The van der Waals surface area contributed by atoms with Gasteiger partial charge in [-0.05, 0) is 51.6 Å². The van der Waals surface area contributed by atoms with E-state index in [1.807, 2.05) is 0 Å². The highest BCUT2D eigenvalue weighted by atomic mass is 16.3. The molecule has 0 aliphatic carbocycles. The van der Waals surface area contributed by atoms with Gasteiger partial charge in [0.2, 0.25) is 0 Å². The van der Waals surface area contributed by atoms with Crippen LogP contribution in [0.25, 0.3) is 0 Å². The highest BCUT2D eigenvalue weighted by molar-refractivity contribution is 4.87. The smallest absolute Gasteiger partial charge is 0.0613 e. The van der Waals surface area contributed by atoms with Gasteiger partial charge in [-0.3, -0.25) is 0 Å². The molecule has 1 aliphatic rings. The first-order valence-corrected chi connectivity index (χ1v) is 7.66. The van der Waals surface area contributed by atoms with Crippen molar-refractivity contribution in [3.05, 3.63) is 0 Å². The number of hydrogen-bond donors (Lipinski definition) is 2. The Kier molecular flexibility index (Phi) is 6.61. The average Bonchev–Trinajstić information content (AvgIpc) is 2.67. The predicted molar refractivity (Wildman–Crippen MR) is 77.8 cm³/mol. The predicted octanol–water partition coefficient (Wildman–Crippen LogP) is 2.25. The fourth-order valence-corrected chi connectivity index (χ4v) is 3.33. The van der Waals surface area contributed by atoms with Gasteiger partial charge in [0.1, 0.15) is 0 Å². The molecule has 18 heavy (non-hydrogen) atoms. The van der Waals surface area contributed by atoms with E-state index < -0.39 is 0 Å². The molecule has 0 aromatic rings. The van der Waals surface area contributed by atoms with Gasteiger partial charge in [-0.2, -0.15) is 0 Å². The summed E-state index contributed by atoms with van der Waals surface area (Å²) in [5.74, 6) is 0.850. The van der Waals surface area contributed by atoms with E-state index in [0.29, 0.717) is 0 Å². The Morgan fingerprint density at radius 2 is 2.06 bits per heavy atom. The Bertz CT molecular complexity index is 229. The fraction of sp³-hybridized carbons (Fsp3) is 1.00. The van der Waals surface area contributed by atoms with Crippen molar-refractivity contribution in [2.24, 2.45) is 5.92 Å². The minimum Gasteiger partial charge on any atom is -0.394 e. The quantitative estimate of drug-likeness (QED) is 0.699. The summed E-state index contributed by atoms with van der Waals surface area (Å²) in [5, 5.41) is 13.1. The Balaban J connectivity index is 2.34. The summed E-state index contributed by atoms with van der Waals surface area (Å²) in [7, 11) is 0. The average molecular weight is 256 g/mol. The summed E-state index contributed by atoms with van der Waals surface area (Å²) in [5.41, 5.74) is -0.0523. The van der Waals surface area contributed by atoms with Gasteiger partial charge in [-0.25, -0.2) is 0 Å². The molecule has 1 heterocycles. The van der Waals surface area contributed by atoms with Crippen LogP contribution in [0.5, 0.6) is 0 Å². The zero-order valence-electron chi connectivity index (χ0n) is 12.7. The van der Waals surface area contributed by atoms with Crippen LogP contribution >= 0.6 is 0 Å². The van der Waals surface area contributed by atoms with Crippen LogP contribution in [0.2, 0.25) is 0 Å². The first-order valence-electron chi connectivity index (χ1n) is 7.66. The molecule has 1 saturated heterocycles. The second kappa shape index (κ2) is 7.46. The number of aliphatic hydroxyl groups is 1. The van der Waals surface area contributed by atoms with Gasteiger partial charge in [-0.1, -0.05) is 20.8 Å². The van der Waals surface area contributed by atoms with Gasteiger partial charge in [0, 0.05) is 18.1 Å². The molecule has 0 amide bonds. The van der Waals surface area contributed by atoms with E-state index in [9.17, 15) is 5.11 Å². The summed E-state index contributed by atoms with van der Waals surface area (Å²) in [4.78, 5) is 2.61. The molecule has 3 unspecified atom stereocenters. The molecule has 1 rings (SSSR count). The summed E-state index contributed by atoms with van der Waals surface area (Å²) in [6.45, 7) is 12.6. The molecule has 3 heteroatoms. The van der Waals surface area contributed by atoms with E-state index in [-0.39, 0.29) is 12.1 Å². The third-order valence-electron chi connectivity index (χ3n) is 4.54. The highest BCUT2D eigenvalue weighted by Crippen LogP contribution is 2.24. The molecule has 0 bridgehead atoms. The second-order valence-corrected chi connectivity index (χ2v) is 6.11. The maximum absolute atomic E-state index is 9.62. The van der Waals surface area contributed by atoms with Crippen molar-refractivity contribution < 1.29 is 5.11 Å². The molecule has 2 N–H and O–H groups in total. The highest BCUT2D eigenvalue weighted by Gasteiger charge is 2.28. The van der Waals surface area contributed by atoms with E-state index in [0.717, 1.165) is 31.3 Å². The Labute approximate surface area is 113 Å². The van der Waals surface area contributed by atoms with Gasteiger partial charge in [0.25, 0.3) is 0 Å². The van der Waals surface area contributed by atoms with Crippen molar-refractivity contribution in [2.45, 2.75) is 65.0 Å². The lowest BCUT2D eigenvalue weighted by Crippen LogP contribution is -2.48. The van der Waals surface area contributed by atoms with Crippen molar-refractivity contribution in [1.29, 1.82) is 0 Å². The number of nitrogens with zero attached hydrogens (tertiary/aromatic N) is 1. The molecule has 3 atom stereocenters. The lowest BCUT2D eigenvalue weighted by molar-refractivity contribution is 0.139. The number of aliphatic hydroxyl groups excluding tert-OH is 1. The van der Waals surface area contributed by atoms with Gasteiger partial charge in [0.05, 0.1) is 6.61 Å². The standard InChI is InChI=1S/C15H32N2O/c1-5-15(12-18,16-6-2)8-7-9-17-11-13(3)10-14(17)4/h13-14,16,18H,5-12H2,1-4H3. The van der Waals surface area contributed by atoms with Gasteiger partial charge >= 0.3 is 0 Å². The first kappa shape index (κ1) is 15.9. The number of rotatable bonds is 8. The lowest BCUT2D eigenvalue weighted by atomic mass is 9.91. The number of hydrogen-bond acceptors (Lipinski definition) is 3. The molecule has 0 spiro atoms. The summed E-state index contributed by atoms with van der Waals surface area (Å²) in [6, 6.07) is 0.740. The molecular weight excluding hydrogens is 224 g/mol. The monoisotopic (exact) mass is 256 g/mol. The zero-order chi connectivity index (χ0) is 13.6. The maximum atomic E-state index is 9.62. The molecule has 0 saturated carbocycles. The fourth-order valence-electron chi connectivity index (χ4n) is 3.33. The van der Waals surface area contributed by atoms with Gasteiger partial charge in [-0.15, -0.1) is 0 Å². The summed E-state index contributed by atoms with van der Waals surface area (Å²) in [6.07, 6.45) is 4.60. The van der Waals surface area contributed by atoms with Crippen molar-refractivity contribution in [1.82, 2.24) is 10.2 Å². The van der Waals surface area contributed by atoms with E-state index in [1.54, 1.807) is 0 Å². The zero-order valence-corrected chi connectivity index (χ0v) is 12.7. The third-order valence-corrected chi connectivity index (χ3v) is 4.54. The summed E-state index contributed by atoms with van der Waals surface area (Å²) >= 11 is 0. The van der Waals surface area contributed by atoms with E-state index in [2.05, 4.69) is 37.9 Å². The topological polar surface area (TPSA) is 35.5 Å². The minimum atomic E-state index is -0.0523. The second-order valence-electron chi connectivity index (χ2n) is 6.11. The Morgan fingerprint density at radius 1 is 1.33 bits per heavy atom. The molecule has 3 nitrogen and oxygen atoms in total. The minimum absolute atomic E-state index is 0.0523. The van der Waals surface area contributed by atoms with Gasteiger partial charge in [0.15, 0.2) is 0 Å². The lowest BCUT2D eigenvalue weighted by Gasteiger charge is -2.33. The SMILES string of the molecule is CCNC(CC)(CO)CCCN1CC(C)CC1C.